The van der Waals surface area contributed by atoms with E-state index < -0.39 is 0 Å². The molecule has 1 saturated carbocycles. The van der Waals surface area contributed by atoms with Gasteiger partial charge in [-0.3, -0.25) is 9.47 Å². The second-order valence-corrected chi connectivity index (χ2v) is 6.68. The molecular formula is C14H20ClN5OS. The van der Waals surface area contributed by atoms with Crippen LogP contribution >= 0.6 is 23.8 Å². The summed E-state index contributed by atoms with van der Waals surface area (Å²) in [5.41, 5.74) is 1.13. The van der Waals surface area contributed by atoms with Crippen LogP contribution in [0, 0.1) is 4.77 Å². The summed E-state index contributed by atoms with van der Waals surface area (Å²) in [6, 6.07) is 2.37. The van der Waals surface area contributed by atoms with Crippen molar-refractivity contribution in [3.8, 4) is 0 Å². The molecule has 22 heavy (non-hydrogen) atoms. The van der Waals surface area contributed by atoms with Gasteiger partial charge in [0, 0.05) is 31.5 Å². The molecule has 8 heteroatoms. The zero-order valence-electron chi connectivity index (χ0n) is 12.7. The smallest absolute Gasteiger partial charge is 0.199 e. The lowest BCUT2D eigenvalue weighted by atomic mass is 10.4. The first-order valence-corrected chi connectivity index (χ1v) is 8.06. The molecular weight excluding hydrogens is 322 g/mol. The maximum Gasteiger partial charge on any atom is 0.199 e. The molecule has 0 radical (unpaired) electrons. The Labute approximate surface area is 139 Å². The fourth-order valence-electron chi connectivity index (χ4n) is 2.64. The summed E-state index contributed by atoms with van der Waals surface area (Å²) in [5, 5.41) is 14.7. The van der Waals surface area contributed by atoms with Crippen LogP contribution in [0.3, 0.4) is 0 Å². The average molecular weight is 342 g/mol. The van der Waals surface area contributed by atoms with E-state index in [2.05, 4.69) is 10.00 Å². The van der Waals surface area contributed by atoms with E-state index in [1.165, 1.54) is 0 Å². The van der Waals surface area contributed by atoms with E-state index in [9.17, 15) is 5.11 Å². The second-order valence-electron chi connectivity index (χ2n) is 5.87. The van der Waals surface area contributed by atoms with Gasteiger partial charge in [-0.1, -0.05) is 11.6 Å². The highest BCUT2D eigenvalue weighted by Crippen LogP contribution is 2.36. The largest absolute Gasteiger partial charge is 0.388 e. The van der Waals surface area contributed by atoms with Crippen molar-refractivity contribution < 1.29 is 5.11 Å². The summed E-state index contributed by atoms with van der Waals surface area (Å²) in [5.74, 6) is 0.655. The molecule has 3 rings (SSSR count). The van der Waals surface area contributed by atoms with Crippen LogP contribution in [0.25, 0.3) is 0 Å². The van der Waals surface area contributed by atoms with E-state index in [4.69, 9.17) is 23.8 Å². The van der Waals surface area contributed by atoms with Crippen LogP contribution in [0.4, 0.5) is 0 Å². The first kappa shape index (κ1) is 15.7. The maximum atomic E-state index is 9.47. The van der Waals surface area contributed by atoms with Gasteiger partial charge in [0.05, 0.1) is 11.7 Å². The molecule has 0 aromatic carbocycles. The van der Waals surface area contributed by atoms with Crippen molar-refractivity contribution in [1.29, 1.82) is 0 Å². The van der Waals surface area contributed by atoms with Crippen LogP contribution in [0.5, 0.6) is 0 Å². The number of aromatic nitrogens is 4. The van der Waals surface area contributed by atoms with E-state index >= 15 is 0 Å². The van der Waals surface area contributed by atoms with Crippen LogP contribution in [0.2, 0.25) is 5.02 Å². The molecule has 1 fully saturated rings. The lowest BCUT2D eigenvalue weighted by Gasteiger charge is -2.16. The quantitative estimate of drug-likeness (QED) is 0.819. The highest BCUT2D eigenvalue weighted by molar-refractivity contribution is 7.71. The number of halogens is 1. The van der Waals surface area contributed by atoms with E-state index in [0.717, 1.165) is 30.1 Å². The normalized spacial score (nSPS) is 15.0. The van der Waals surface area contributed by atoms with E-state index in [-0.39, 0.29) is 6.61 Å². The number of hydrogen-bond donors (Lipinski definition) is 1. The fraction of sp³-hybridized carbons (Fsp3) is 0.571. The average Bonchev–Trinajstić information content (AvgIpc) is 3.17. The number of rotatable bonds is 6. The predicted octanol–water partition coefficient (Wildman–Crippen LogP) is 2.32. The molecule has 2 aromatic rings. The molecule has 2 heterocycles. The minimum atomic E-state index is -0.0791. The third kappa shape index (κ3) is 3.12. The van der Waals surface area contributed by atoms with Crippen LogP contribution < -0.4 is 0 Å². The molecule has 0 spiro atoms. The van der Waals surface area contributed by atoms with Crippen LogP contribution in [0.15, 0.2) is 12.3 Å². The molecule has 0 saturated heterocycles. The van der Waals surface area contributed by atoms with Crippen molar-refractivity contribution in [3.63, 3.8) is 0 Å². The van der Waals surface area contributed by atoms with Crippen LogP contribution in [-0.2, 0) is 26.9 Å². The zero-order valence-corrected chi connectivity index (χ0v) is 14.3. The summed E-state index contributed by atoms with van der Waals surface area (Å²) >= 11 is 11.5. The molecule has 2 aromatic heterocycles. The summed E-state index contributed by atoms with van der Waals surface area (Å²) in [7, 11) is 3.99. The summed E-state index contributed by atoms with van der Waals surface area (Å²) in [6.45, 7) is 1.24. The molecule has 1 N–H and O–H groups in total. The Morgan fingerprint density at radius 1 is 1.50 bits per heavy atom. The Kier molecular flexibility index (Phi) is 4.40. The number of aliphatic hydroxyl groups excluding tert-OH is 1. The van der Waals surface area contributed by atoms with Gasteiger partial charge in [0.15, 0.2) is 10.6 Å². The molecule has 120 valence electrons. The van der Waals surface area contributed by atoms with Crippen molar-refractivity contribution in [2.45, 2.75) is 38.7 Å². The lowest BCUT2D eigenvalue weighted by molar-refractivity contribution is 0.234. The number of aliphatic hydroxyl groups is 1. The molecule has 1 aliphatic rings. The number of aryl methyl sites for hydroxylation is 1. The van der Waals surface area contributed by atoms with Crippen molar-refractivity contribution >= 4 is 23.8 Å². The van der Waals surface area contributed by atoms with Crippen LogP contribution in [-0.4, -0.2) is 36.0 Å². The van der Waals surface area contributed by atoms with Gasteiger partial charge in [-0.05, 0) is 38.2 Å². The minimum Gasteiger partial charge on any atom is -0.388 e. The predicted molar refractivity (Wildman–Crippen MR) is 87.1 cm³/mol. The minimum absolute atomic E-state index is 0.0791. The Morgan fingerprint density at radius 3 is 2.77 bits per heavy atom. The van der Waals surface area contributed by atoms with Gasteiger partial charge in [-0.25, -0.2) is 4.68 Å². The zero-order chi connectivity index (χ0) is 15.9. The van der Waals surface area contributed by atoms with Gasteiger partial charge in [0.25, 0.3) is 0 Å². The number of nitrogens with zero attached hydrogens (tertiary/aromatic N) is 5. The molecule has 0 aliphatic heterocycles. The van der Waals surface area contributed by atoms with Crippen molar-refractivity contribution in [2.75, 3.05) is 7.05 Å². The Bertz CT molecular complexity index is 730. The first-order chi connectivity index (χ1) is 10.5. The van der Waals surface area contributed by atoms with Gasteiger partial charge in [-0.15, -0.1) is 0 Å². The van der Waals surface area contributed by atoms with Crippen molar-refractivity contribution in [2.24, 2.45) is 7.05 Å². The molecule has 0 amide bonds. The highest BCUT2D eigenvalue weighted by atomic mass is 35.5. The van der Waals surface area contributed by atoms with E-state index in [1.54, 1.807) is 4.68 Å². The van der Waals surface area contributed by atoms with Gasteiger partial charge < -0.3 is 9.67 Å². The Balaban J connectivity index is 1.75. The SMILES string of the molecule is CN(Cc1cc(Cl)cn1C)Cn1nc(CO)n(C2CC2)c1=S. The van der Waals surface area contributed by atoms with Gasteiger partial charge in [0.1, 0.15) is 6.61 Å². The first-order valence-electron chi connectivity index (χ1n) is 7.28. The van der Waals surface area contributed by atoms with E-state index in [0.29, 0.717) is 23.3 Å². The summed E-state index contributed by atoms with van der Waals surface area (Å²) < 4.78 is 6.47. The second kappa shape index (κ2) is 6.16. The van der Waals surface area contributed by atoms with Gasteiger partial charge in [-0.2, -0.15) is 5.10 Å². The van der Waals surface area contributed by atoms with Gasteiger partial charge in [0.2, 0.25) is 0 Å². The standard InChI is InChI=1S/C14H20ClN5OS/c1-17(7-12-5-10(15)6-18(12)2)9-19-14(22)20(11-3-4-11)13(8-21)16-19/h5-6,11,21H,3-4,7-9H2,1-2H3. The molecule has 0 bridgehead atoms. The Hall–Kier alpha value is -1.15. The number of hydrogen-bond acceptors (Lipinski definition) is 4. The van der Waals surface area contributed by atoms with E-state index in [1.807, 2.05) is 35.5 Å². The molecule has 6 nitrogen and oxygen atoms in total. The molecule has 0 atom stereocenters. The van der Waals surface area contributed by atoms with Gasteiger partial charge >= 0.3 is 0 Å². The summed E-state index contributed by atoms with van der Waals surface area (Å²) in [4.78, 5) is 2.12. The topological polar surface area (TPSA) is 51.1 Å². The molecule has 0 unspecified atom stereocenters. The third-order valence-corrected chi connectivity index (χ3v) is 4.49. The lowest BCUT2D eigenvalue weighted by Crippen LogP contribution is -2.23. The van der Waals surface area contributed by atoms with Crippen molar-refractivity contribution in [1.82, 2.24) is 23.8 Å². The summed E-state index contributed by atoms with van der Waals surface area (Å²) in [6.07, 6.45) is 4.12. The molecule has 1 aliphatic carbocycles. The monoisotopic (exact) mass is 341 g/mol. The highest BCUT2D eigenvalue weighted by Gasteiger charge is 2.28. The van der Waals surface area contributed by atoms with Crippen molar-refractivity contribution in [3.05, 3.63) is 33.6 Å². The van der Waals surface area contributed by atoms with Crippen LogP contribution in [0.1, 0.15) is 30.4 Å². The Morgan fingerprint density at radius 2 is 2.23 bits per heavy atom. The third-order valence-electron chi connectivity index (χ3n) is 3.88. The fourth-order valence-corrected chi connectivity index (χ4v) is 3.27. The maximum absolute atomic E-state index is 9.47.